The van der Waals surface area contributed by atoms with Crippen molar-refractivity contribution >= 4 is 10.9 Å². The van der Waals surface area contributed by atoms with E-state index < -0.39 is 0 Å². The van der Waals surface area contributed by atoms with E-state index in [9.17, 15) is 4.79 Å². The van der Waals surface area contributed by atoms with Crippen molar-refractivity contribution in [2.45, 2.75) is 71.8 Å². The molecular formula is C29H34N6O4. The average molecular weight is 531 g/mol. The van der Waals surface area contributed by atoms with Gasteiger partial charge in [-0.3, -0.25) is 9.69 Å². The molecule has 1 saturated heterocycles. The highest BCUT2D eigenvalue weighted by molar-refractivity contribution is 5.83. The zero-order chi connectivity index (χ0) is 26.9. The summed E-state index contributed by atoms with van der Waals surface area (Å²) in [5.74, 6) is 2.26. The van der Waals surface area contributed by atoms with E-state index in [4.69, 9.17) is 14.2 Å². The fourth-order valence-electron chi connectivity index (χ4n) is 5.77. The Hall–Kier alpha value is -3.76. The maximum atomic E-state index is 13.3. The lowest BCUT2D eigenvalue weighted by molar-refractivity contribution is 0.0888. The number of nitrogens with one attached hydrogen (secondary N) is 1. The van der Waals surface area contributed by atoms with Gasteiger partial charge in [-0.05, 0) is 84.5 Å². The van der Waals surface area contributed by atoms with Crippen LogP contribution in [0.25, 0.3) is 10.9 Å². The van der Waals surface area contributed by atoms with Gasteiger partial charge in [0.2, 0.25) is 6.79 Å². The minimum absolute atomic E-state index is 0.0861. The van der Waals surface area contributed by atoms with Crippen molar-refractivity contribution in [1.29, 1.82) is 0 Å². The summed E-state index contributed by atoms with van der Waals surface area (Å²) in [5, 5.41) is 13.9. The van der Waals surface area contributed by atoms with Crippen LogP contribution >= 0.6 is 0 Å². The predicted molar refractivity (Wildman–Crippen MR) is 146 cm³/mol. The Morgan fingerprint density at radius 2 is 2.00 bits per heavy atom. The van der Waals surface area contributed by atoms with Crippen LogP contribution < -0.4 is 15.0 Å². The summed E-state index contributed by atoms with van der Waals surface area (Å²) in [6.45, 7) is 8.87. The Morgan fingerprint density at radius 3 is 2.82 bits per heavy atom. The fourth-order valence-corrected chi connectivity index (χ4v) is 5.77. The lowest BCUT2D eigenvalue weighted by atomic mass is 10.0. The second-order valence-corrected chi connectivity index (χ2v) is 10.5. The molecule has 0 amide bonds. The van der Waals surface area contributed by atoms with E-state index >= 15 is 0 Å². The van der Waals surface area contributed by atoms with Crippen molar-refractivity contribution in [3.63, 3.8) is 0 Å². The number of ether oxygens (including phenoxy) is 3. The second-order valence-electron chi connectivity index (χ2n) is 10.5. The summed E-state index contributed by atoms with van der Waals surface area (Å²) in [4.78, 5) is 18.7. The summed E-state index contributed by atoms with van der Waals surface area (Å²) in [5.41, 5.74) is 4.79. The number of tetrazole rings is 1. The molecule has 2 aromatic carbocycles. The number of pyridine rings is 1. The Labute approximate surface area is 226 Å². The molecule has 10 heteroatoms. The normalized spacial score (nSPS) is 17.4. The molecule has 2 aromatic heterocycles. The Kier molecular flexibility index (Phi) is 7.05. The third kappa shape index (κ3) is 5.26. The summed E-state index contributed by atoms with van der Waals surface area (Å²) < 4.78 is 18.9. The third-order valence-electron chi connectivity index (χ3n) is 7.67. The van der Waals surface area contributed by atoms with E-state index in [1.54, 1.807) is 0 Å². The number of aromatic nitrogens is 5. The van der Waals surface area contributed by atoms with E-state index in [1.807, 2.05) is 41.9 Å². The lowest BCUT2D eigenvalue weighted by Crippen LogP contribution is -2.33. The molecule has 0 saturated carbocycles. The van der Waals surface area contributed by atoms with Crippen molar-refractivity contribution < 1.29 is 14.2 Å². The van der Waals surface area contributed by atoms with Gasteiger partial charge in [-0.2, -0.15) is 0 Å². The number of benzene rings is 2. The molecule has 10 nitrogen and oxygen atoms in total. The molecule has 39 heavy (non-hydrogen) atoms. The number of hydrogen-bond donors (Lipinski definition) is 1. The largest absolute Gasteiger partial charge is 0.454 e. The van der Waals surface area contributed by atoms with Gasteiger partial charge < -0.3 is 19.2 Å². The van der Waals surface area contributed by atoms with Crippen molar-refractivity contribution in [1.82, 2.24) is 30.1 Å². The van der Waals surface area contributed by atoms with Crippen LogP contribution in [0.3, 0.4) is 0 Å². The van der Waals surface area contributed by atoms with Crippen molar-refractivity contribution in [3.05, 3.63) is 74.8 Å². The molecule has 0 bridgehead atoms. The van der Waals surface area contributed by atoms with Gasteiger partial charge in [-0.1, -0.05) is 19.1 Å². The first-order valence-electron chi connectivity index (χ1n) is 13.6. The van der Waals surface area contributed by atoms with Gasteiger partial charge >= 0.3 is 0 Å². The van der Waals surface area contributed by atoms with Crippen LogP contribution in [0.5, 0.6) is 11.5 Å². The number of aromatic amines is 1. The summed E-state index contributed by atoms with van der Waals surface area (Å²) in [6.07, 6.45) is 2.93. The zero-order valence-electron chi connectivity index (χ0n) is 22.6. The molecular weight excluding hydrogens is 496 g/mol. The molecule has 2 aliphatic rings. The van der Waals surface area contributed by atoms with Gasteiger partial charge in [0.25, 0.3) is 5.56 Å². The van der Waals surface area contributed by atoms with Crippen LogP contribution in [0.2, 0.25) is 0 Å². The Balaban J connectivity index is 1.37. The predicted octanol–water partition coefficient (Wildman–Crippen LogP) is 4.19. The molecule has 4 heterocycles. The molecule has 6 rings (SSSR count). The van der Waals surface area contributed by atoms with Gasteiger partial charge in [0.1, 0.15) is 0 Å². The van der Waals surface area contributed by atoms with E-state index in [0.29, 0.717) is 25.2 Å². The van der Waals surface area contributed by atoms with Crippen molar-refractivity contribution in [2.75, 3.05) is 13.4 Å². The number of nitrogens with zero attached hydrogens (tertiary/aromatic N) is 5. The smallest absolute Gasteiger partial charge is 0.252 e. The van der Waals surface area contributed by atoms with Crippen LogP contribution in [-0.2, 0) is 24.4 Å². The first-order chi connectivity index (χ1) is 19.0. The molecule has 1 fully saturated rings. The van der Waals surface area contributed by atoms with Crippen molar-refractivity contribution in [3.8, 4) is 11.5 Å². The highest BCUT2D eigenvalue weighted by Crippen LogP contribution is 2.34. The zero-order valence-corrected chi connectivity index (χ0v) is 22.6. The number of fused-ring (bicyclic) bond motifs is 2. The van der Waals surface area contributed by atoms with Crippen LogP contribution in [0.15, 0.2) is 41.2 Å². The summed E-state index contributed by atoms with van der Waals surface area (Å²) in [6, 6.07) is 12.1. The molecule has 204 valence electrons. The molecule has 2 aliphatic heterocycles. The van der Waals surface area contributed by atoms with E-state index in [0.717, 1.165) is 70.8 Å². The SMILES string of the molecule is CCC(c1nnnn1CC1CCCO1)N(Cc1ccc2c(c1)OCO2)Cc1cc2c(C)cc(C)cc2[nH]c1=O. The lowest BCUT2D eigenvalue weighted by Gasteiger charge is -2.30. The Bertz CT molecular complexity index is 1540. The highest BCUT2D eigenvalue weighted by Gasteiger charge is 2.28. The van der Waals surface area contributed by atoms with E-state index in [1.165, 1.54) is 0 Å². The average Bonchev–Trinajstić information content (AvgIpc) is 3.68. The topological polar surface area (TPSA) is 107 Å². The fraction of sp³-hybridized carbons (Fsp3) is 0.448. The molecule has 0 radical (unpaired) electrons. The first kappa shape index (κ1) is 25.5. The van der Waals surface area contributed by atoms with Gasteiger partial charge in [0.05, 0.1) is 18.7 Å². The van der Waals surface area contributed by atoms with Crippen LogP contribution in [0, 0.1) is 13.8 Å². The summed E-state index contributed by atoms with van der Waals surface area (Å²) >= 11 is 0. The van der Waals surface area contributed by atoms with Gasteiger partial charge in [-0.25, -0.2) is 4.68 Å². The second kappa shape index (κ2) is 10.8. The van der Waals surface area contributed by atoms with Gasteiger partial charge in [-0.15, -0.1) is 5.10 Å². The quantitative estimate of drug-likeness (QED) is 0.343. The van der Waals surface area contributed by atoms with Gasteiger partial charge in [0.15, 0.2) is 17.3 Å². The van der Waals surface area contributed by atoms with Crippen molar-refractivity contribution in [2.24, 2.45) is 0 Å². The number of rotatable bonds is 9. The highest BCUT2D eigenvalue weighted by atomic mass is 16.7. The van der Waals surface area contributed by atoms with E-state index in [-0.39, 0.29) is 24.5 Å². The maximum Gasteiger partial charge on any atom is 0.252 e. The molecule has 1 N–H and O–H groups in total. The number of H-pyrrole nitrogens is 1. The Morgan fingerprint density at radius 1 is 1.13 bits per heavy atom. The monoisotopic (exact) mass is 530 g/mol. The van der Waals surface area contributed by atoms with Crippen LogP contribution in [0.4, 0.5) is 0 Å². The number of hydrogen-bond acceptors (Lipinski definition) is 8. The molecule has 2 atom stereocenters. The molecule has 4 aromatic rings. The minimum atomic E-state index is -0.124. The molecule has 2 unspecified atom stereocenters. The standard InChI is InChI=1S/C29H34N6O4/c1-4-25(28-31-32-33-35(28)16-22-6-5-9-37-22)34(14-20-7-8-26-27(12-20)39-17-38-26)15-21-13-23-19(3)10-18(2)11-24(23)30-29(21)36/h7-8,10-13,22,25H,4-6,9,14-17H2,1-3H3,(H,30,36). The maximum absolute atomic E-state index is 13.3. The number of aryl methyl sites for hydroxylation is 2. The van der Waals surface area contributed by atoms with Crippen LogP contribution in [-0.4, -0.2) is 49.6 Å². The van der Waals surface area contributed by atoms with Crippen LogP contribution in [0.1, 0.15) is 60.3 Å². The minimum Gasteiger partial charge on any atom is -0.454 e. The third-order valence-corrected chi connectivity index (χ3v) is 7.67. The first-order valence-corrected chi connectivity index (χ1v) is 13.6. The molecule has 0 aliphatic carbocycles. The summed E-state index contributed by atoms with van der Waals surface area (Å²) in [7, 11) is 0. The van der Waals surface area contributed by atoms with E-state index in [2.05, 4.69) is 45.3 Å². The molecule has 0 spiro atoms. The van der Waals surface area contributed by atoms with Gasteiger partial charge in [0, 0.05) is 36.2 Å².